The number of carbonyl (C=O) groups excluding carboxylic acids is 1. The maximum absolute atomic E-state index is 13.4. The van der Waals surface area contributed by atoms with Gasteiger partial charge in [-0.1, -0.05) is 22.0 Å². The van der Waals surface area contributed by atoms with Crippen LogP contribution in [0.1, 0.15) is 12.0 Å². The molecule has 0 unspecified atom stereocenters. The monoisotopic (exact) mass is 303 g/mol. The predicted molar refractivity (Wildman–Crippen MR) is 63.1 cm³/mol. The number of hydrogen-bond acceptors (Lipinski definition) is 2. The summed E-state index contributed by atoms with van der Waals surface area (Å²) in [4.78, 5) is 21.4. The van der Waals surface area contributed by atoms with Crippen LogP contribution in [0.25, 0.3) is 0 Å². The summed E-state index contributed by atoms with van der Waals surface area (Å²) in [5.74, 6) is -1.90. The molecule has 1 aromatic carbocycles. The van der Waals surface area contributed by atoms with E-state index in [1.807, 2.05) is 0 Å². The van der Waals surface area contributed by atoms with Crippen LogP contribution >= 0.6 is 15.9 Å². The van der Waals surface area contributed by atoms with Crippen molar-refractivity contribution in [1.29, 1.82) is 0 Å². The maximum atomic E-state index is 13.4. The van der Waals surface area contributed by atoms with Gasteiger partial charge in [0.05, 0.1) is 0 Å². The van der Waals surface area contributed by atoms with E-state index in [2.05, 4.69) is 21.2 Å². The molecule has 0 aromatic heterocycles. The average molecular weight is 304 g/mol. The van der Waals surface area contributed by atoms with E-state index < -0.39 is 18.4 Å². The zero-order chi connectivity index (χ0) is 12.8. The van der Waals surface area contributed by atoms with Crippen molar-refractivity contribution in [3.63, 3.8) is 0 Å². The van der Waals surface area contributed by atoms with E-state index >= 15 is 0 Å². The van der Waals surface area contributed by atoms with E-state index in [0.29, 0.717) is 10.0 Å². The third-order valence-corrected chi connectivity index (χ3v) is 2.57. The fourth-order valence-electron chi connectivity index (χ4n) is 1.24. The average Bonchev–Trinajstić information content (AvgIpc) is 2.25. The van der Waals surface area contributed by atoms with E-state index in [1.54, 1.807) is 12.1 Å². The molecule has 6 heteroatoms. The number of aliphatic carboxylic acids is 1. The van der Waals surface area contributed by atoms with Crippen molar-refractivity contribution in [1.82, 2.24) is 5.32 Å². The fourth-order valence-corrected chi connectivity index (χ4v) is 1.57. The number of rotatable bonds is 5. The van der Waals surface area contributed by atoms with Gasteiger partial charge in [0.2, 0.25) is 5.91 Å². The summed E-state index contributed by atoms with van der Waals surface area (Å²) in [6.45, 7) is -0.415. The number of carboxylic acid groups (broad SMARTS) is 1. The highest BCUT2D eigenvalue weighted by Crippen LogP contribution is 2.16. The zero-order valence-corrected chi connectivity index (χ0v) is 10.5. The molecular weight excluding hydrogens is 293 g/mol. The summed E-state index contributed by atoms with van der Waals surface area (Å²) in [5.41, 5.74) is 0.429. The number of nitrogens with one attached hydrogen (secondary N) is 1. The minimum absolute atomic E-state index is 0.0613. The highest BCUT2D eigenvalue weighted by Gasteiger charge is 2.07. The van der Waals surface area contributed by atoms with Gasteiger partial charge in [-0.25, -0.2) is 4.39 Å². The fraction of sp³-hybridized carbons (Fsp3) is 0.273. The number of hydrogen-bond donors (Lipinski definition) is 2. The number of aryl methyl sites for hydroxylation is 1. The lowest BCUT2D eigenvalue weighted by molar-refractivity contribution is -0.137. The number of halogens is 2. The topological polar surface area (TPSA) is 66.4 Å². The third-order valence-electron chi connectivity index (χ3n) is 2.07. The molecule has 0 aliphatic heterocycles. The van der Waals surface area contributed by atoms with Crippen molar-refractivity contribution >= 4 is 27.8 Å². The second kappa shape index (κ2) is 6.34. The molecule has 17 heavy (non-hydrogen) atoms. The van der Waals surface area contributed by atoms with Crippen molar-refractivity contribution in [2.24, 2.45) is 0 Å². The van der Waals surface area contributed by atoms with Crippen molar-refractivity contribution < 1.29 is 19.1 Å². The van der Waals surface area contributed by atoms with Crippen LogP contribution in [0.2, 0.25) is 0 Å². The number of carboxylic acids is 1. The molecule has 2 N–H and O–H groups in total. The molecular formula is C11H11BrFNO3. The number of amides is 1. The minimum Gasteiger partial charge on any atom is -0.480 e. The molecule has 0 fully saturated rings. The van der Waals surface area contributed by atoms with Gasteiger partial charge in [0.25, 0.3) is 0 Å². The van der Waals surface area contributed by atoms with Crippen LogP contribution in [0, 0.1) is 5.82 Å². The largest absolute Gasteiger partial charge is 0.480 e. The van der Waals surface area contributed by atoms with Gasteiger partial charge in [0, 0.05) is 10.9 Å². The highest BCUT2D eigenvalue weighted by molar-refractivity contribution is 9.10. The van der Waals surface area contributed by atoms with E-state index in [4.69, 9.17) is 5.11 Å². The van der Waals surface area contributed by atoms with E-state index in [1.165, 1.54) is 6.07 Å². The molecule has 1 rings (SSSR count). The summed E-state index contributed by atoms with van der Waals surface area (Å²) in [6, 6.07) is 4.60. The molecule has 0 spiro atoms. The molecule has 0 heterocycles. The Morgan fingerprint density at radius 1 is 1.41 bits per heavy atom. The van der Waals surface area contributed by atoms with Gasteiger partial charge in [-0.05, 0) is 24.1 Å². The first-order valence-electron chi connectivity index (χ1n) is 4.91. The standard InChI is InChI=1S/C11H11BrFNO3/c12-8-3-1-7(9(13)5-8)2-4-10(15)14-6-11(16)17/h1,3,5H,2,4,6H2,(H,14,15)(H,16,17). The Labute approximate surface area is 106 Å². The molecule has 1 aromatic rings. The molecule has 92 valence electrons. The Morgan fingerprint density at radius 3 is 2.71 bits per heavy atom. The molecule has 0 bridgehead atoms. The van der Waals surface area contributed by atoms with Crippen molar-refractivity contribution in [3.05, 3.63) is 34.1 Å². The molecule has 0 aliphatic carbocycles. The summed E-state index contributed by atoms with van der Waals surface area (Å²) in [6.07, 6.45) is 0.302. The van der Waals surface area contributed by atoms with Crippen LogP contribution in [0.15, 0.2) is 22.7 Å². The van der Waals surface area contributed by atoms with Crippen LogP contribution < -0.4 is 5.32 Å². The first-order valence-corrected chi connectivity index (χ1v) is 5.71. The lowest BCUT2D eigenvalue weighted by atomic mass is 10.1. The quantitative estimate of drug-likeness (QED) is 0.870. The van der Waals surface area contributed by atoms with Gasteiger partial charge in [-0.15, -0.1) is 0 Å². The summed E-state index contributed by atoms with van der Waals surface area (Å²) >= 11 is 3.13. The van der Waals surface area contributed by atoms with Gasteiger partial charge >= 0.3 is 5.97 Å². The maximum Gasteiger partial charge on any atom is 0.322 e. The minimum atomic E-state index is -1.10. The van der Waals surface area contributed by atoms with Crippen LogP contribution in [-0.2, 0) is 16.0 Å². The lowest BCUT2D eigenvalue weighted by Crippen LogP contribution is -2.29. The Balaban J connectivity index is 2.44. The Bertz CT molecular complexity index is 437. The van der Waals surface area contributed by atoms with Gasteiger partial charge < -0.3 is 10.4 Å². The SMILES string of the molecule is O=C(O)CNC(=O)CCc1ccc(Br)cc1F. The lowest BCUT2D eigenvalue weighted by Gasteiger charge is -2.04. The van der Waals surface area contributed by atoms with E-state index in [0.717, 1.165) is 0 Å². The van der Waals surface area contributed by atoms with Crippen molar-refractivity contribution in [2.75, 3.05) is 6.54 Å². The predicted octanol–water partition coefficient (Wildman–Crippen LogP) is 1.72. The molecule has 0 radical (unpaired) electrons. The van der Waals surface area contributed by atoms with Crippen LogP contribution in [0.3, 0.4) is 0 Å². The smallest absolute Gasteiger partial charge is 0.322 e. The van der Waals surface area contributed by atoms with Gasteiger partial charge in [-0.3, -0.25) is 9.59 Å². The summed E-state index contributed by atoms with van der Waals surface area (Å²) < 4.78 is 14.0. The third kappa shape index (κ3) is 4.95. The Morgan fingerprint density at radius 2 is 2.12 bits per heavy atom. The molecule has 1 amide bonds. The summed E-state index contributed by atoms with van der Waals surface area (Å²) in [5, 5.41) is 10.6. The second-order valence-electron chi connectivity index (χ2n) is 3.41. The van der Waals surface area contributed by atoms with Gasteiger partial charge in [0.15, 0.2) is 0 Å². The van der Waals surface area contributed by atoms with Crippen molar-refractivity contribution in [3.8, 4) is 0 Å². The van der Waals surface area contributed by atoms with Crippen LogP contribution in [0.5, 0.6) is 0 Å². The number of benzene rings is 1. The first-order chi connectivity index (χ1) is 7.99. The zero-order valence-electron chi connectivity index (χ0n) is 8.87. The van der Waals surface area contributed by atoms with Gasteiger partial charge in [-0.2, -0.15) is 0 Å². The molecule has 0 atom stereocenters. The number of carbonyl (C=O) groups is 2. The Kier molecular flexibility index (Phi) is 5.09. The highest BCUT2D eigenvalue weighted by atomic mass is 79.9. The van der Waals surface area contributed by atoms with Gasteiger partial charge in [0.1, 0.15) is 12.4 Å². The second-order valence-corrected chi connectivity index (χ2v) is 4.32. The normalized spacial score (nSPS) is 10.0. The van der Waals surface area contributed by atoms with Crippen molar-refractivity contribution in [2.45, 2.75) is 12.8 Å². The molecule has 0 aliphatic rings. The molecule has 0 saturated carbocycles. The van der Waals surface area contributed by atoms with E-state index in [9.17, 15) is 14.0 Å². The van der Waals surface area contributed by atoms with Crippen LogP contribution in [-0.4, -0.2) is 23.5 Å². The molecule has 0 saturated heterocycles. The molecule has 4 nitrogen and oxygen atoms in total. The van der Waals surface area contributed by atoms with E-state index in [-0.39, 0.29) is 18.7 Å². The Hall–Kier alpha value is -1.43. The first kappa shape index (κ1) is 13.6. The summed E-state index contributed by atoms with van der Waals surface area (Å²) in [7, 11) is 0. The van der Waals surface area contributed by atoms with Crippen LogP contribution in [0.4, 0.5) is 4.39 Å².